The first-order valence-corrected chi connectivity index (χ1v) is 10.4. The molecule has 0 N–H and O–H groups in total. The number of nitro groups is 1. The molecule has 27 heavy (non-hydrogen) atoms. The van der Waals surface area contributed by atoms with Gasteiger partial charge in [0.05, 0.1) is 4.92 Å². The summed E-state index contributed by atoms with van der Waals surface area (Å²) in [6, 6.07) is 9.25. The number of rotatable bonds is 5. The summed E-state index contributed by atoms with van der Waals surface area (Å²) >= 11 is 1.17. The summed E-state index contributed by atoms with van der Waals surface area (Å²) in [6.07, 6.45) is 2.87. The van der Waals surface area contributed by atoms with E-state index in [1.165, 1.54) is 39.9 Å². The van der Waals surface area contributed by atoms with E-state index < -0.39 is 14.9 Å². The second-order valence-corrected chi connectivity index (χ2v) is 8.96. The molecule has 0 radical (unpaired) electrons. The Labute approximate surface area is 160 Å². The van der Waals surface area contributed by atoms with Crippen molar-refractivity contribution in [2.24, 2.45) is 0 Å². The number of hydrogen-bond donors (Lipinski definition) is 0. The van der Waals surface area contributed by atoms with E-state index in [4.69, 9.17) is 0 Å². The first-order chi connectivity index (χ1) is 12.9. The SMILES string of the molecule is O=C(/C=C/c1cccc([N+](=O)[O-])c1)N1CCN(S(=O)(=O)c2cccs2)CC1. The van der Waals surface area contributed by atoms with Gasteiger partial charge in [0.15, 0.2) is 0 Å². The summed E-state index contributed by atoms with van der Waals surface area (Å²) in [4.78, 5) is 24.2. The van der Waals surface area contributed by atoms with Crippen molar-refractivity contribution >= 4 is 39.0 Å². The lowest BCUT2D eigenvalue weighted by Gasteiger charge is -2.33. The molecule has 0 saturated carbocycles. The quantitative estimate of drug-likeness (QED) is 0.430. The highest BCUT2D eigenvalue weighted by Crippen LogP contribution is 2.22. The van der Waals surface area contributed by atoms with Crippen LogP contribution < -0.4 is 0 Å². The Morgan fingerprint density at radius 3 is 2.52 bits per heavy atom. The molecule has 10 heteroatoms. The number of benzene rings is 1. The van der Waals surface area contributed by atoms with Crippen molar-refractivity contribution in [3.05, 3.63) is 63.5 Å². The number of amides is 1. The number of nitro benzene ring substituents is 1. The predicted octanol–water partition coefficient (Wildman–Crippen LogP) is 2.20. The molecule has 1 fully saturated rings. The number of hydrogen-bond acceptors (Lipinski definition) is 6. The van der Waals surface area contributed by atoms with E-state index in [0.717, 1.165) is 0 Å². The van der Waals surface area contributed by atoms with Crippen LogP contribution in [0.4, 0.5) is 5.69 Å². The van der Waals surface area contributed by atoms with Gasteiger partial charge in [-0.3, -0.25) is 14.9 Å². The van der Waals surface area contributed by atoms with E-state index in [1.54, 1.807) is 34.5 Å². The van der Waals surface area contributed by atoms with Crippen LogP contribution in [0.3, 0.4) is 0 Å². The molecule has 3 rings (SSSR count). The third-order valence-electron chi connectivity index (χ3n) is 4.14. The minimum absolute atomic E-state index is 0.0444. The number of piperazine rings is 1. The van der Waals surface area contributed by atoms with Crippen molar-refractivity contribution in [3.8, 4) is 0 Å². The molecular formula is C17H17N3O5S2. The molecule has 0 bridgehead atoms. The lowest BCUT2D eigenvalue weighted by Crippen LogP contribution is -2.50. The number of carbonyl (C=O) groups is 1. The Hall–Kier alpha value is -2.56. The van der Waals surface area contributed by atoms with Crippen LogP contribution in [-0.2, 0) is 14.8 Å². The summed E-state index contributed by atoms with van der Waals surface area (Å²) < 4.78 is 26.7. The Balaban J connectivity index is 1.60. The van der Waals surface area contributed by atoms with Gasteiger partial charge in [-0.25, -0.2) is 8.42 Å². The number of carbonyl (C=O) groups excluding carboxylic acids is 1. The molecule has 0 unspecified atom stereocenters. The van der Waals surface area contributed by atoms with Gasteiger partial charge in [0, 0.05) is 44.4 Å². The molecule has 2 aromatic rings. The zero-order valence-corrected chi connectivity index (χ0v) is 15.9. The Bertz CT molecular complexity index is 962. The van der Waals surface area contributed by atoms with Crippen molar-refractivity contribution < 1.29 is 18.1 Å². The molecule has 0 spiro atoms. The van der Waals surface area contributed by atoms with Gasteiger partial charge in [-0.15, -0.1) is 11.3 Å². The van der Waals surface area contributed by atoms with E-state index in [-0.39, 0.29) is 24.7 Å². The summed E-state index contributed by atoms with van der Waals surface area (Å²) in [5.74, 6) is -0.255. The average molecular weight is 407 g/mol. The van der Waals surface area contributed by atoms with Crippen LogP contribution in [0, 0.1) is 10.1 Å². The van der Waals surface area contributed by atoms with E-state index >= 15 is 0 Å². The third kappa shape index (κ3) is 4.41. The first-order valence-electron chi connectivity index (χ1n) is 8.13. The molecule has 142 valence electrons. The Morgan fingerprint density at radius 1 is 1.15 bits per heavy atom. The van der Waals surface area contributed by atoms with Crippen molar-refractivity contribution in [3.63, 3.8) is 0 Å². The van der Waals surface area contributed by atoms with Crippen LogP contribution in [0.25, 0.3) is 6.08 Å². The molecule has 0 aliphatic carbocycles. The lowest BCUT2D eigenvalue weighted by atomic mass is 10.2. The highest BCUT2D eigenvalue weighted by atomic mass is 32.2. The second kappa shape index (κ2) is 7.99. The van der Waals surface area contributed by atoms with Crippen molar-refractivity contribution in [2.45, 2.75) is 4.21 Å². The molecule has 0 atom stereocenters. The van der Waals surface area contributed by atoms with Gasteiger partial charge in [-0.1, -0.05) is 18.2 Å². The minimum atomic E-state index is -3.50. The van der Waals surface area contributed by atoms with E-state index in [9.17, 15) is 23.3 Å². The maximum atomic E-state index is 12.5. The third-order valence-corrected chi connectivity index (χ3v) is 7.41. The van der Waals surface area contributed by atoms with Crippen molar-refractivity contribution in [1.29, 1.82) is 0 Å². The molecule has 8 nitrogen and oxygen atoms in total. The van der Waals surface area contributed by atoms with Gasteiger partial charge in [0.2, 0.25) is 5.91 Å². The molecule has 1 aromatic carbocycles. The van der Waals surface area contributed by atoms with Gasteiger partial charge in [0.1, 0.15) is 4.21 Å². The smallest absolute Gasteiger partial charge is 0.270 e. The zero-order chi connectivity index (χ0) is 19.4. The molecule has 1 amide bonds. The Morgan fingerprint density at radius 2 is 1.89 bits per heavy atom. The highest BCUT2D eigenvalue weighted by Gasteiger charge is 2.30. The van der Waals surface area contributed by atoms with Crippen LogP contribution in [0.2, 0.25) is 0 Å². The van der Waals surface area contributed by atoms with Crippen LogP contribution in [-0.4, -0.2) is 54.6 Å². The largest absolute Gasteiger partial charge is 0.337 e. The van der Waals surface area contributed by atoms with Gasteiger partial charge in [-0.05, 0) is 23.1 Å². The number of non-ortho nitro benzene ring substituents is 1. The molecular weight excluding hydrogens is 390 g/mol. The van der Waals surface area contributed by atoms with Crippen LogP contribution in [0.1, 0.15) is 5.56 Å². The van der Waals surface area contributed by atoms with Gasteiger partial charge in [-0.2, -0.15) is 4.31 Å². The summed E-state index contributed by atoms with van der Waals surface area (Å²) in [7, 11) is -3.50. The number of nitrogens with zero attached hydrogens (tertiary/aromatic N) is 3. The average Bonchev–Trinajstić information content (AvgIpc) is 3.22. The standard InChI is InChI=1S/C17H17N3O5S2/c21-16(7-6-14-3-1-4-15(13-14)20(22)23)18-8-10-19(11-9-18)27(24,25)17-5-2-12-26-17/h1-7,12-13H,8-11H2/b7-6+. The van der Waals surface area contributed by atoms with Gasteiger partial charge < -0.3 is 4.90 Å². The molecule has 1 saturated heterocycles. The molecule has 1 aromatic heterocycles. The maximum Gasteiger partial charge on any atom is 0.270 e. The summed E-state index contributed by atoms with van der Waals surface area (Å²) in [6.45, 7) is 1.05. The maximum absolute atomic E-state index is 12.5. The van der Waals surface area contributed by atoms with Crippen molar-refractivity contribution in [2.75, 3.05) is 26.2 Å². The zero-order valence-electron chi connectivity index (χ0n) is 14.2. The predicted molar refractivity (Wildman–Crippen MR) is 102 cm³/mol. The number of thiophene rings is 1. The fourth-order valence-corrected chi connectivity index (χ4v) is 5.27. The van der Waals surface area contributed by atoms with Crippen LogP contribution in [0.5, 0.6) is 0 Å². The van der Waals surface area contributed by atoms with Crippen molar-refractivity contribution in [1.82, 2.24) is 9.21 Å². The monoisotopic (exact) mass is 407 g/mol. The summed E-state index contributed by atoms with van der Waals surface area (Å²) in [5, 5.41) is 12.5. The fraction of sp³-hybridized carbons (Fsp3) is 0.235. The van der Waals surface area contributed by atoms with Crippen LogP contribution in [0.15, 0.2) is 52.1 Å². The van der Waals surface area contributed by atoms with Gasteiger partial charge >= 0.3 is 0 Å². The fourth-order valence-electron chi connectivity index (χ4n) is 2.70. The topological polar surface area (TPSA) is 101 Å². The number of sulfonamides is 1. The van der Waals surface area contributed by atoms with E-state index in [2.05, 4.69) is 0 Å². The minimum Gasteiger partial charge on any atom is -0.337 e. The normalized spacial score (nSPS) is 15.9. The molecule has 1 aliphatic heterocycles. The second-order valence-electron chi connectivity index (χ2n) is 5.85. The van der Waals surface area contributed by atoms with E-state index in [1.807, 2.05) is 0 Å². The lowest BCUT2D eigenvalue weighted by molar-refractivity contribution is -0.384. The summed E-state index contributed by atoms with van der Waals surface area (Å²) in [5.41, 5.74) is 0.508. The van der Waals surface area contributed by atoms with Gasteiger partial charge in [0.25, 0.3) is 15.7 Å². The first kappa shape index (κ1) is 19.2. The molecule has 1 aliphatic rings. The Kier molecular flexibility index (Phi) is 5.68. The van der Waals surface area contributed by atoms with Crippen LogP contribution >= 0.6 is 11.3 Å². The van der Waals surface area contributed by atoms with E-state index in [0.29, 0.717) is 22.9 Å². The molecule has 2 heterocycles. The highest BCUT2D eigenvalue weighted by molar-refractivity contribution is 7.91.